The summed E-state index contributed by atoms with van der Waals surface area (Å²) < 4.78 is 23.1. The second-order valence-corrected chi connectivity index (χ2v) is 7.03. The minimum Gasteiger partial charge on any atom is -0.326 e. The van der Waals surface area contributed by atoms with Crippen LogP contribution in [0, 0.1) is 0 Å². The first kappa shape index (κ1) is 16.7. The van der Waals surface area contributed by atoms with Gasteiger partial charge < -0.3 is 10.6 Å². The molecule has 0 saturated carbocycles. The SMILES string of the molecule is CC(=O)Nc1cccc(NC(=O)c2cccc(S(C)(=O)=O)c2)c1. The Bertz CT molecular complexity index is 860. The van der Waals surface area contributed by atoms with Gasteiger partial charge in [-0.25, -0.2) is 8.42 Å². The van der Waals surface area contributed by atoms with Crippen LogP contribution in [0.4, 0.5) is 11.4 Å². The average molecular weight is 332 g/mol. The molecule has 0 aromatic heterocycles. The zero-order valence-electron chi connectivity index (χ0n) is 12.7. The lowest BCUT2D eigenvalue weighted by atomic mass is 10.2. The molecule has 120 valence electrons. The fourth-order valence-corrected chi connectivity index (χ4v) is 2.62. The summed E-state index contributed by atoms with van der Waals surface area (Å²) in [5.74, 6) is -0.648. The molecule has 0 bridgehead atoms. The van der Waals surface area contributed by atoms with Crippen molar-refractivity contribution in [3.05, 3.63) is 54.1 Å². The molecule has 0 aliphatic heterocycles. The third-order valence-corrected chi connectivity index (χ3v) is 4.08. The van der Waals surface area contributed by atoms with Crippen molar-refractivity contribution >= 4 is 33.0 Å². The summed E-state index contributed by atoms with van der Waals surface area (Å²) >= 11 is 0. The van der Waals surface area contributed by atoms with E-state index in [0.29, 0.717) is 11.4 Å². The highest BCUT2D eigenvalue weighted by molar-refractivity contribution is 7.90. The molecule has 0 saturated heterocycles. The molecule has 6 nitrogen and oxygen atoms in total. The van der Waals surface area contributed by atoms with Gasteiger partial charge in [0.05, 0.1) is 4.90 Å². The number of hydrogen-bond donors (Lipinski definition) is 2. The van der Waals surface area contributed by atoms with Crippen molar-refractivity contribution in [2.24, 2.45) is 0 Å². The predicted octanol–water partition coefficient (Wildman–Crippen LogP) is 2.30. The van der Waals surface area contributed by atoms with Crippen LogP contribution in [0.1, 0.15) is 17.3 Å². The smallest absolute Gasteiger partial charge is 0.255 e. The maximum Gasteiger partial charge on any atom is 0.255 e. The predicted molar refractivity (Wildman–Crippen MR) is 88.3 cm³/mol. The maximum atomic E-state index is 12.2. The molecule has 0 radical (unpaired) electrons. The number of sulfone groups is 1. The molecule has 2 amide bonds. The first-order chi connectivity index (χ1) is 10.8. The molecule has 23 heavy (non-hydrogen) atoms. The molecule has 0 fully saturated rings. The quantitative estimate of drug-likeness (QED) is 0.898. The van der Waals surface area contributed by atoms with E-state index in [4.69, 9.17) is 0 Å². The monoisotopic (exact) mass is 332 g/mol. The molecular weight excluding hydrogens is 316 g/mol. The summed E-state index contributed by atoms with van der Waals surface area (Å²) in [5.41, 5.74) is 1.28. The summed E-state index contributed by atoms with van der Waals surface area (Å²) in [5, 5.41) is 5.28. The number of nitrogens with one attached hydrogen (secondary N) is 2. The molecule has 2 aromatic rings. The molecule has 2 N–H and O–H groups in total. The van der Waals surface area contributed by atoms with Gasteiger partial charge in [-0.15, -0.1) is 0 Å². The second-order valence-electron chi connectivity index (χ2n) is 5.02. The van der Waals surface area contributed by atoms with Gasteiger partial charge in [-0.05, 0) is 36.4 Å². The van der Waals surface area contributed by atoms with E-state index < -0.39 is 15.7 Å². The Hall–Kier alpha value is -2.67. The van der Waals surface area contributed by atoms with Crippen LogP contribution >= 0.6 is 0 Å². The molecule has 7 heteroatoms. The van der Waals surface area contributed by atoms with Crippen LogP contribution in [0.15, 0.2) is 53.4 Å². The van der Waals surface area contributed by atoms with Crippen molar-refractivity contribution in [3.63, 3.8) is 0 Å². The first-order valence-corrected chi connectivity index (χ1v) is 8.64. The van der Waals surface area contributed by atoms with E-state index in [0.717, 1.165) is 6.26 Å². The lowest BCUT2D eigenvalue weighted by Crippen LogP contribution is -2.13. The number of hydrogen-bond acceptors (Lipinski definition) is 4. The van der Waals surface area contributed by atoms with E-state index in [1.165, 1.54) is 31.2 Å². The van der Waals surface area contributed by atoms with Crippen molar-refractivity contribution in [3.8, 4) is 0 Å². The number of benzene rings is 2. The highest BCUT2D eigenvalue weighted by Gasteiger charge is 2.12. The standard InChI is InChI=1S/C16H16N2O4S/c1-11(19)17-13-6-4-7-14(10-13)18-16(20)12-5-3-8-15(9-12)23(2,21)22/h3-10H,1-2H3,(H,17,19)(H,18,20). The molecular formula is C16H16N2O4S. The molecule has 0 aliphatic carbocycles. The van der Waals surface area contributed by atoms with E-state index >= 15 is 0 Å². The van der Waals surface area contributed by atoms with Gasteiger partial charge in [0.15, 0.2) is 9.84 Å². The van der Waals surface area contributed by atoms with Crippen molar-refractivity contribution in [1.29, 1.82) is 0 Å². The van der Waals surface area contributed by atoms with Crippen LogP contribution in [0.25, 0.3) is 0 Å². The summed E-state index contributed by atoms with van der Waals surface area (Å²) in [4.78, 5) is 23.4. The van der Waals surface area contributed by atoms with Gasteiger partial charge in [-0.3, -0.25) is 9.59 Å². The van der Waals surface area contributed by atoms with Gasteiger partial charge in [0, 0.05) is 30.1 Å². The normalized spacial score (nSPS) is 10.9. The molecule has 0 aliphatic rings. The zero-order chi connectivity index (χ0) is 17.0. The van der Waals surface area contributed by atoms with E-state index in [1.807, 2.05) is 0 Å². The van der Waals surface area contributed by atoms with Crippen molar-refractivity contribution < 1.29 is 18.0 Å². The minimum absolute atomic E-state index is 0.0807. The Morgan fingerprint density at radius 2 is 1.52 bits per heavy atom. The number of rotatable bonds is 4. The van der Waals surface area contributed by atoms with E-state index in [9.17, 15) is 18.0 Å². The maximum absolute atomic E-state index is 12.2. The molecule has 0 atom stereocenters. The van der Waals surface area contributed by atoms with Gasteiger partial charge in [0.25, 0.3) is 5.91 Å². The Kier molecular flexibility index (Phi) is 4.80. The van der Waals surface area contributed by atoms with Gasteiger partial charge >= 0.3 is 0 Å². The van der Waals surface area contributed by atoms with Crippen molar-refractivity contribution in [1.82, 2.24) is 0 Å². The van der Waals surface area contributed by atoms with Crippen LogP contribution in [-0.4, -0.2) is 26.5 Å². The van der Waals surface area contributed by atoms with E-state index in [1.54, 1.807) is 24.3 Å². The average Bonchev–Trinajstić information content (AvgIpc) is 2.46. The van der Waals surface area contributed by atoms with Crippen LogP contribution in [0.5, 0.6) is 0 Å². The number of anilines is 2. The third-order valence-electron chi connectivity index (χ3n) is 2.97. The largest absolute Gasteiger partial charge is 0.326 e. The summed E-state index contributed by atoms with van der Waals surface area (Å²) in [6.45, 7) is 1.39. The third kappa shape index (κ3) is 4.65. The molecule has 0 heterocycles. The first-order valence-electron chi connectivity index (χ1n) is 6.75. The van der Waals surface area contributed by atoms with E-state index in [-0.39, 0.29) is 16.4 Å². The highest BCUT2D eigenvalue weighted by Crippen LogP contribution is 2.17. The molecule has 2 aromatic carbocycles. The lowest BCUT2D eigenvalue weighted by molar-refractivity contribution is -0.114. The minimum atomic E-state index is -3.38. The van der Waals surface area contributed by atoms with Gasteiger partial charge in [-0.2, -0.15) is 0 Å². The van der Waals surface area contributed by atoms with Crippen molar-refractivity contribution in [2.45, 2.75) is 11.8 Å². The summed E-state index contributed by atoms with van der Waals surface area (Å²) in [7, 11) is -3.38. The van der Waals surface area contributed by atoms with Crippen LogP contribution in [-0.2, 0) is 14.6 Å². The lowest BCUT2D eigenvalue weighted by Gasteiger charge is -2.08. The Balaban J connectivity index is 2.21. The fraction of sp³-hybridized carbons (Fsp3) is 0.125. The topological polar surface area (TPSA) is 92.3 Å². The fourth-order valence-electron chi connectivity index (χ4n) is 1.95. The van der Waals surface area contributed by atoms with Gasteiger partial charge in [-0.1, -0.05) is 12.1 Å². The number of carbonyl (C=O) groups is 2. The Labute approximate surface area is 134 Å². The molecule has 2 rings (SSSR count). The van der Waals surface area contributed by atoms with Gasteiger partial charge in [0.2, 0.25) is 5.91 Å². The highest BCUT2D eigenvalue weighted by atomic mass is 32.2. The van der Waals surface area contributed by atoms with Crippen LogP contribution in [0.3, 0.4) is 0 Å². The zero-order valence-corrected chi connectivity index (χ0v) is 13.5. The van der Waals surface area contributed by atoms with E-state index in [2.05, 4.69) is 10.6 Å². The number of amides is 2. The Morgan fingerprint density at radius 3 is 2.13 bits per heavy atom. The summed E-state index contributed by atoms with van der Waals surface area (Å²) in [6.07, 6.45) is 1.08. The number of carbonyl (C=O) groups excluding carboxylic acids is 2. The molecule has 0 spiro atoms. The van der Waals surface area contributed by atoms with Crippen molar-refractivity contribution in [2.75, 3.05) is 16.9 Å². The summed E-state index contributed by atoms with van der Waals surface area (Å²) in [6, 6.07) is 12.5. The van der Waals surface area contributed by atoms with Gasteiger partial charge in [0.1, 0.15) is 0 Å². The molecule has 0 unspecified atom stereocenters. The van der Waals surface area contributed by atoms with Crippen LogP contribution < -0.4 is 10.6 Å². The van der Waals surface area contributed by atoms with Crippen LogP contribution in [0.2, 0.25) is 0 Å². The Morgan fingerprint density at radius 1 is 0.913 bits per heavy atom. The second kappa shape index (κ2) is 6.62.